The van der Waals surface area contributed by atoms with Crippen molar-refractivity contribution in [1.82, 2.24) is 4.98 Å². The van der Waals surface area contributed by atoms with Crippen LogP contribution in [0.2, 0.25) is 0 Å². The van der Waals surface area contributed by atoms with Crippen LogP contribution in [-0.2, 0) is 0 Å². The van der Waals surface area contributed by atoms with E-state index in [2.05, 4.69) is 11.1 Å². The SMILES string of the molecule is Cc1cc(C)c(C#N)c(SC2CCCCC2)n1. The minimum absolute atomic E-state index is 0.657. The Morgan fingerprint density at radius 1 is 1.29 bits per heavy atom. The van der Waals surface area contributed by atoms with Crippen LogP contribution in [0.3, 0.4) is 0 Å². The molecule has 1 aliphatic rings. The van der Waals surface area contributed by atoms with Gasteiger partial charge in [0.2, 0.25) is 0 Å². The molecule has 0 N–H and O–H groups in total. The van der Waals surface area contributed by atoms with Crippen LogP contribution in [0.15, 0.2) is 11.1 Å². The summed E-state index contributed by atoms with van der Waals surface area (Å²) in [5.74, 6) is 0. The lowest BCUT2D eigenvalue weighted by atomic mass is 10.0. The quantitative estimate of drug-likeness (QED) is 0.791. The van der Waals surface area contributed by atoms with Gasteiger partial charge in [0.25, 0.3) is 0 Å². The van der Waals surface area contributed by atoms with Gasteiger partial charge in [-0.1, -0.05) is 19.3 Å². The fourth-order valence-electron chi connectivity index (χ4n) is 2.36. The molecule has 2 rings (SSSR count). The molecule has 0 saturated heterocycles. The highest BCUT2D eigenvalue weighted by Crippen LogP contribution is 2.34. The van der Waals surface area contributed by atoms with Gasteiger partial charge in [0.1, 0.15) is 11.1 Å². The highest BCUT2D eigenvalue weighted by Gasteiger charge is 2.18. The molecule has 1 heterocycles. The van der Waals surface area contributed by atoms with Crippen molar-refractivity contribution in [2.75, 3.05) is 0 Å². The van der Waals surface area contributed by atoms with Crippen LogP contribution in [0.25, 0.3) is 0 Å². The number of thioether (sulfide) groups is 1. The van der Waals surface area contributed by atoms with Crippen LogP contribution >= 0.6 is 11.8 Å². The number of nitrogens with zero attached hydrogens (tertiary/aromatic N) is 2. The summed E-state index contributed by atoms with van der Waals surface area (Å²) >= 11 is 1.81. The molecule has 0 aromatic carbocycles. The molecule has 0 spiro atoms. The van der Waals surface area contributed by atoms with Gasteiger partial charge >= 0.3 is 0 Å². The largest absolute Gasteiger partial charge is 0.245 e. The van der Waals surface area contributed by atoms with Crippen LogP contribution in [0, 0.1) is 25.2 Å². The number of hydrogen-bond acceptors (Lipinski definition) is 3. The first-order chi connectivity index (χ1) is 8.20. The lowest BCUT2D eigenvalue weighted by Crippen LogP contribution is -2.09. The number of aryl methyl sites for hydroxylation is 2. The lowest BCUT2D eigenvalue weighted by molar-refractivity contribution is 0.515. The van der Waals surface area contributed by atoms with E-state index >= 15 is 0 Å². The fraction of sp³-hybridized carbons (Fsp3) is 0.571. The third-order valence-corrected chi connectivity index (χ3v) is 4.58. The zero-order valence-electron chi connectivity index (χ0n) is 10.5. The Morgan fingerprint density at radius 3 is 2.65 bits per heavy atom. The van der Waals surface area contributed by atoms with Gasteiger partial charge in [-0.3, -0.25) is 0 Å². The number of nitriles is 1. The van der Waals surface area contributed by atoms with E-state index in [0.29, 0.717) is 5.25 Å². The first-order valence-corrected chi connectivity index (χ1v) is 7.13. The second kappa shape index (κ2) is 5.55. The highest BCUT2D eigenvalue weighted by atomic mass is 32.2. The van der Waals surface area contributed by atoms with E-state index in [1.54, 1.807) is 0 Å². The van der Waals surface area contributed by atoms with Crippen LogP contribution in [0.4, 0.5) is 0 Å². The summed E-state index contributed by atoms with van der Waals surface area (Å²) in [4.78, 5) is 4.54. The van der Waals surface area contributed by atoms with Crippen LogP contribution < -0.4 is 0 Å². The molecule has 0 atom stereocenters. The zero-order chi connectivity index (χ0) is 12.3. The van der Waals surface area contributed by atoms with Crippen molar-refractivity contribution in [2.45, 2.75) is 56.2 Å². The van der Waals surface area contributed by atoms with Gasteiger partial charge in [0.05, 0.1) is 5.56 Å². The Bertz CT molecular complexity index is 442. The minimum atomic E-state index is 0.657. The maximum absolute atomic E-state index is 9.22. The van der Waals surface area contributed by atoms with Gasteiger partial charge in [-0.15, -0.1) is 11.8 Å². The molecule has 0 bridgehead atoms. The van der Waals surface area contributed by atoms with Crippen molar-refractivity contribution in [3.05, 3.63) is 22.9 Å². The van der Waals surface area contributed by atoms with Gasteiger partial charge < -0.3 is 0 Å². The lowest BCUT2D eigenvalue weighted by Gasteiger charge is -2.21. The molecule has 90 valence electrons. The van der Waals surface area contributed by atoms with E-state index in [1.807, 2.05) is 31.7 Å². The van der Waals surface area contributed by atoms with Crippen molar-refractivity contribution in [1.29, 1.82) is 5.26 Å². The molecule has 0 aliphatic heterocycles. The molecular formula is C14H18N2S. The maximum atomic E-state index is 9.22. The molecular weight excluding hydrogens is 228 g/mol. The van der Waals surface area contributed by atoms with Crippen LogP contribution in [-0.4, -0.2) is 10.2 Å². The van der Waals surface area contributed by atoms with E-state index in [9.17, 15) is 5.26 Å². The smallest absolute Gasteiger partial charge is 0.115 e. The Morgan fingerprint density at radius 2 is 2.00 bits per heavy atom. The highest BCUT2D eigenvalue weighted by molar-refractivity contribution is 7.99. The third kappa shape index (κ3) is 3.01. The molecule has 1 aromatic rings. The van der Waals surface area contributed by atoms with E-state index in [4.69, 9.17) is 0 Å². The zero-order valence-corrected chi connectivity index (χ0v) is 11.3. The Kier molecular flexibility index (Phi) is 4.06. The summed E-state index contributed by atoms with van der Waals surface area (Å²) in [5.41, 5.74) is 2.84. The van der Waals surface area contributed by atoms with Crippen LogP contribution in [0.1, 0.15) is 48.9 Å². The summed E-state index contributed by atoms with van der Waals surface area (Å²) in [6.07, 6.45) is 6.55. The van der Waals surface area contributed by atoms with Gasteiger partial charge in [-0.05, 0) is 38.3 Å². The molecule has 0 amide bonds. The molecule has 0 radical (unpaired) electrons. The molecule has 1 fully saturated rings. The Hall–Kier alpha value is -1.01. The Labute approximate surface area is 107 Å². The summed E-state index contributed by atoms with van der Waals surface area (Å²) < 4.78 is 0. The van der Waals surface area contributed by atoms with Crippen molar-refractivity contribution in [3.63, 3.8) is 0 Å². The van der Waals surface area contributed by atoms with Gasteiger partial charge in [-0.2, -0.15) is 5.26 Å². The molecule has 3 heteroatoms. The van der Waals surface area contributed by atoms with Crippen molar-refractivity contribution in [3.8, 4) is 6.07 Å². The van der Waals surface area contributed by atoms with Crippen molar-refractivity contribution < 1.29 is 0 Å². The molecule has 1 aliphatic carbocycles. The maximum Gasteiger partial charge on any atom is 0.115 e. The topological polar surface area (TPSA) is 36.7 Å². The normalized spacial score (nSPS) is 16.8. The Balaban J connectivity index is 2.22. The minimum Gasteiger partial charge on any atom is -0.245 e. The van der Waals surface area contributed by atoms with E-state index in [0.717, 1.165) is 21.8 Å². The van der Waals surface area contributed by atoms with E-state index < -0.39 is 0 Å². The summed E-state index contributed by atoms with van der Waals surface area (Å²) in [6, 6.07) is 4.29. The molecule has 2 nitrogen and oxygen atoms in total. The van der Waals surface area contributed by atoms with Crippen LogP contribution in [0.5, 0.6) is 0 Å². The van der Waals surface area contributed by atoms with Gasteiger partial charge in [0, 0.05) is 10.9 Å². The summed E-state index contributed by atoms with van der Waals surface area (Å²) in [6.45, 7) is 4.00. The number of hydrogen-bond donors (Lipinski definition) is 0. The third-order valence-electron chi connectivity index (χ3n) is 3.25. The standard InChI is InChI=1S/C14H18N2S/c1-10-8-11(2)16-14(13(10)9-15)17-12-6-4-3-5-7-12/h8,12H,3-7H2,1-2H3. The average Bonchev–Trinajstić information content (AvgIpc) is 2.30. The predicted octanol–water partition coefficient (Wildman–Crippen LogP) is 3.99. The molecule has 1 aromatic heterocycles. The first-order valence-electron chi connectivity index (χ1n) is 6.25. The monoisotopic (exact) mass is 246 g/mol. The van der Waals surface area contributed by atoms with Gasteiger partial charge in [0.15, 0.2) is 0 Å². The summed E-state index contributed by atoms with van der Waals surface area (Å²) in [7, 11) is 0. The number of rotatable bonds is 2. The fourth-order valence-corrected chi connectivity index (χ4v) is 3.77. The first kappa shape index (κ1) is 12.4. The molecule has 17 heavy (non-hydrogen) atoms. The second-order valence-electron chi connectivity index (χ2n) is 4.75. The van der Waals surface area contributed by atoms with E-state index in [1.165, 1.54) is 32.1 Å². The predicted molar refractivity (Wildman–Crippen MR) is 71.2 cm³/mol. The molecule has 1 saturated carbocycles. The van der Waals surface area contributed by atoms with Crippen molar-refractivity contribution >= 4 is 11.8 Å². The van der Waals surface area contributed by atoms with E-state index in [-0.39, 0.29) is 0 Å². The number of aromatic nitrogens is 1. The average molecular weight is 246 g/mol. The van der Waals surface area contributed by atoms with Crippen molar-refractivity contribution in [2.24, 2.45) is 0 Å². The molecule has 0 unspecified atom stereocenters. The summed E-state index contributed by atoms with van der Waals surface area (Å²) in [5, 5.41) is 10.8. The number of pyridine rings is 1. The second-order valence-corrected chi connectivity index (χ2v) is 6.04. The van der Waals surface area contributed by atoms with Gasteiger partial charge in [-0.25, -0.2) is 4.98 Å².